The molecule has 3 N–H and O–H groups in total. The van der Waals surface area contributed by atoms with E-state index in [4.69, 9.17) is 5.84 Å². The number of hydrazine groups is 1. The van der Waals surface area contributed by atoms with Crippen LogP contribution in [-0.4, -0.2) is 18.3 Å². The van der Waals surface area contributed by atoms with E-state index in [1.165, 1.54) is 11.3 Å². The molecule has 0 amide bonds. The Kier molecular flexibility index (Phi) is 3.48. The average Bonchev–Trinajstić information content (AvgIpc) is 2.31. The normalized spacial score (nSPS) is 21.1. The number of hydrogen-bond acceptors (Lipinski definition) is 3. The molecule has 3 heteroatoms. The lowest BCUT2D eigenvalue weighted by Gasteiger charge is -2.22. The van der Waals surface area contributed by atoms with Gasteiger partial charge in [0.2, 0.25) is 0 Å². The molecule has 0 spiro atoms. The topological polar surface area (TPSA) is 50.4 Å². The Balaban J connectivity index is 2.07. The Morgan fingerprint density at radius 2 is 2.13 bits per heavy atom. The number of hydrogen-bond donors (Lipinski definition) is 2. The lowest BCUT2D eigenvalue weighted by Crippen LogP contribution is -2.44. The van der Waals surface area contributed by atoms with Crippen molar-refractivity contribution in [1.82, 2.24) is 5.43 Å². The minimum atomic E-state index is 0.263. The summed E-state index contributed by atoms with van der Waals surface area (Å²) in [6.45, 7) is 0.945. The van der Waals surface area contributed by atoms with Gasteiger partial charge >= 0.3 is 0 Å². The largest absolute Gasteiger partial charge is 0.292 e. The van der Waals surface area contributed by atoms with Crippen molar-refractivity contribution in [2.75, 3.05) is 6.54 Å². The molecule has 0 aromatic heterocycles. The van der Waals surface area contributed by atoms with Crippen molar-refractivity contribution in [2.24, 2.45) is 10.8 Å². The highest BCUT2D eigenvalue weighted by molar-refractivity contribution is 5.91. The molecule has 2 rings (SSSR count). The van der Waals surface area contributed by atoms with Crippen molar-refractivity contribution in [1.29, 1.82) is 0 Å². The fourth-order valence-electron chi connectivity index (χ4n) is 1.96. The molecule has 0 bridgehead atoms. The van der Waals surface area contributed by atoms with Gasteiger partial charge < -0.3 is 0 Å². The first kappa shape index (κ1) is 10.3. The third-order valence-corrected chi connectivity index (χ3v) is 2.80. The Bertz CT molecular complexity index is 332. The van der Waals surface area contributed by atoms with Gasteiger partial charge in [-0.1, -0.05) is 30.3 Å². The van der Waals surface area contributed by atoms with Crippen molar-refractivity contribution in [3.63, 3.8) is 0 Å². The Morgan fingerprint density at radius 3 is 2.87 bits per heavy atom. The molecule has 0 saturated heterocycles. The summed E-state index contributed by atoms with van der Waals surface area (Å²) in [7, 11) is 0. The van der Waals surface area contributed by atoms with Crippen molar-refractivity contribution in [3.8, 4) is 0 Å². The maximum atomic E-state index is 5.52. The molecule has 80 valence electrons. The van der Waals surface area contributed by atoms with E-state index < -0.39 is 0 Å². The number of nitrogens with two attached hydrogens (primary N) is 1. The lowest BCUT2D eigenvalue weighted by molar-refractivity contribution is 0.554. The second-order valence-corrected chi connectivity index (χ2v) is 3.90. The first-order valence-electron chi connectivity index (χ1n) is 5.43. The minimum absolute atomic E-state index is 0.263. The first-order valence-corrected chi connectivity index (χ1v) is 5.43. The van der Waals surface area contributed by atoms with Crippen LogP contribution in [0.3, 0.4) is 0 Å². The second-order valence-electron chi connectivity index (χ2n) is 3.90. The van der Waals surface area contributed by atoms with Crippen LogP contribution >= 0.6 is 0 Å². The van der Waals surface area contributed by atoms with Gasteiger partial charge in [-0.3, -0.25) is 16.3 Å². The second kappa shape index (κ2) is 5.05. The van der Waals surface area contributed by atoms with Gasteiger partial charge in [-0.2, -0.15) is 0 Å². The summed E-state index contributed by atoms with van der Waals surface area (Å²) in [5.74, 6) is 5.52. The zero-order chi connectivity index (χ0) is 10.5. The van der Waals surface area contributed by atoms with Crippen LogP contribution in [0.1, 0.15) is 18.4 Å². The molecule has 1 aromatic rings. The standard InChI is InChI=1S/C12H17N3/c13-15-11-7-4-8-14-12(11)9-10-5-2-1-3-6-10/h1-3,5-6,11,15H,4,7-9,13H2. The van der Waals surface area contributed by atoms with E-state index in [1.54, 1.807) is 0 Å². The van der Waals surface area contributed by atoms with Crippen LogP contribution in [0.25, 0.3) is 0 Å². The molecule has 1 aliphatic heterocycles. The molecule has 1 atom stereocenters. The maximum absolute atomic E-state index is 5.52. The molecular weight excluding hydrogens is 186 g/mol. The summed E-state index contributed by atoms with van der Waals surface area (Å²) in [4.78, 5) is 4.55. The van der Waals surface area contributed by atoms with E-state index in [0.717, 1.165) is 25.8 Å². The number of nitrogens with zero attached hydrogens (tertiary/aromatic N) is 1. The van der Waals surface area contributed by atoms with E-state index in [0.29, 0.717) is 0 Å². The van der Waals surface area contributed by atoms with E-state index in [2.05, 4.69) is 34.7 Å². The average molecular weight is 203 g/mol. The molecule has 1 aliphatic rings. The van der Waals surface area contributed by atoms with Crippen LogP contribution in [0.2, 0.25) is 0 Å². The van der Waals surface area contributed by atoms with Crippen molar-refractivity contribution < 1.29 is 0 Å². The van der Waals surface area contributed by atoms with E-state index in [1.807, 2.05) is 6.07 Å². The quantitative estimate of drug-likeness (QED) is 0.574. The van der Waals surface area contributed by atoms with Gasteiger partial charge in [0.1, 0.15) is 0 Å². The predicted molar refractivity (Wildman–Crippen MR) is 62.8 cm³/mol. The Hall–Kier alpha value is -1.19. The Labute approximate surface area is 90.4 Å². The minimum Gasteiger partial charge on any atom is -0.292 e. The highest BCUT2D eigenvalue weighted by Crippen LogP contribution is 2.11. The molecule has 3 nitrogen and oxygen atoms in total. The van der Waals surface area contributed by atoms with Crippen molar-refractivity contribution in [3.05, 3.63) is 35.9 Å². The number of benzene rings is 1. The molecule has 1 unspecified atom stereocenters. The summed E-state index contributed by atoms with van der Waals surface area (Å²) >= 11 is 0. The summed E-state index contributed by atoms with van der Waals surface area (Å²) in [5.41, 5.74) is 5.34. The summed E-state index contributed by atoms with van der Waals surface area (Å²) in [6.07, 6.45) is 3.14. The molecule has 15 heavy (non-hydrogen) atoms. The van der Waals surface area contributed by atoms with Crippen LogP contribution in [0.4, 0.5) is 0 Å². The van der Waals surface area contributed by atoms with Gasteiger partial charge in [-0.15, -0.1) is 0 Å². The van der Waals surface area contributed by atoms with E-state index in [-0.39, 0.29) is 6.04 Å². The predicted octanol–water partition coefficient (Wildman–Crippen LogP) is 1.30. The van der Waals surface area contributed by atoms with Crippen LogP contribution in [0.5, 0.6) is 0 Å². The monoisotopic (exact) mass is 203 g/mol. The molecular formula is C12H17N3. The van der Waals surface area contributed by atoms with E-state index >= 15 is 0 Å². The molecule has 0 aliphatic carbocycles. The molecule has 0 radical (unpaired) electrons. The highest BCUT2D eigenvalue weighted by Gasteiger charge is 2.17. The number of nitrogens with one attached hydrogen (secondary N) is 1. The third kappa shape index (κ3) is 2.64. The molecule has 1 heterocycles. The summed E-state index contributed by atoms with van der Waals surface area (Å²) < 4.78 is 0. The fraction of sp³-hybridized carbons (Fsp3) is 0.417. The van der Waals surface area contributed by atoms with Gasteiger partial charge in [-0.05, 0) is 18.4 Å². The summed E-state index contributed by atoms with van der Waals surface area (Å²) in [5, 5.41) is 0. The Morgan fingerprint density at radius 1 is 1.33 bits per heavy atom. The van der Waals surface area contributed by atoms with Gasteiger partial charge in [0.05, 0.1) is 6.04 Å². The number of aliphatic imine (C=N–C) groups is 1. The zero-order valence-corrected chi connectivity index (χ0v) is 8.82. The highest BCUT2D eigenvalue weighted by atomic mass is 15.2. The van der Waals surface area contributed by atoms with E-state index in [9.17, 15) is 0 Å². The van der Waals surface area contributed by atoms with Crippen LogP contribution in [-0.2, 0) is 6.42 Å². The SMILES string of the molecule is NNC1CCCN=C1Cc1ccccc1. The van der Waals surface area contributed by atoms with Crippen LogP contribution < -0.4 is 11.3 Å². The van der Waals surface area contributed by atoms with Crippen LogP contribution in [0.15, 0.2) is 35.3 Å². The number of rotatable bonds is 3. The van der Waals surface area contributed by atoms with Gasteiger partial charge in [0.25, 0.3) is 0 Å². The van der Waals surface area contributed by atoms with Crippen molar-refractivity contribution in [2.45, 2.75) is 25.3 Å². The maximum Gasteiger partial charge on any atom is 0.0592 e. The molecule has 0 saturated carbocycles. The first-order chi connectivity index (χ1) is 7.40. The lowest BCUT2D eigenvalue weighted by atomic mass is 9.97. The fourth-order valence-corrected chi connectivity index (χ4v) is 1.96. The third-order valence-electron chi connectivity index (χ3n) is 2.80. The van der Waals surface area contributed by atoms with Gasteiger partial charge in [-0.25, -0.2) is 0 Å². The smallest absolute Gasteiger partial charge is 0.0592 e. The van der Waals surface area contributed by atoms with Gasteiger partial charge in [0, 0.05) is 18.7 Å². The molecule has 1 aromatic carbocycles. The zero-order valence-electron chi connectivity index (χ0n) is 8.82. The molecule has 0 fully saturated rings. The van der Waals surface area contributed by atoms with Gasteiger partial charge in [0.15, 0.2) is 0 Å². The van der Waals surface area contributed by atoms with Crippen molar-refractivity contribution >= 4 is 5.71 Å². The summed E-state index contributed by atoms with van der Waals surface area (Å²) in [6, 6.07) is 10.7. The van der Waals surface area contributed by atoms with Crippen LogP contribution in [0, 0.1) is 0 Å².